The molecule has 1 saturated heterocycles. The molecule has 194 valence electrons. The van der Waals surface area contributed by atoms with Crippen LogP contribution in [0.25, 0.3) is 5.76 Å². The minimum absolute atomic E-state index is 0.0334. The Balaban J connectivity index is 2.16. The number of nitrogens with zero attached hydrogens (tertiary/aromatic N) is 2. The van der Waals surface area contributed by atoms with E-state index in [2.05, 4.69) is 23.7 Å². The highest BCUT2D eigenvalue weighted by molar-refractivity contribution is 6.46. The van der Waals surface area contributed by atoms with Gasteiger partial charge in [-0.2, -0.15) is 0 Å². The number of nitrogens with one attached hydrogen (secondary N) is 1. The van der Waals surface area contributed by atoms with Crippen molar-refractivity contribution in [2.45, 2.75) is 40.2 Å². The molecule has 2 N–H and O–H groups in total. The van der Waals surface area contributed by atoms with Crippen molar-refractivity contribution in [2.24, 2.45) is 0 Å². The minimum Gasteiger partial charge on any atom is -0.507 e. The number of amides is 1. The number of benzene rings is 1. The molecule has 1 aromatic heterocycles. The maximum absolute atomic E-state index is 13.4. The molecular formula is C27H35N3O6. The van der Waals surface area contributed by atoms with Crippen molar-refractivity contribution in [3.05, 3.63) is 57.9 Å². The van der Waals surface area contributed by atoms with Crippen LogP contribution in [0.5, 0.6) is 5.75 Å². The van der Waals surface area contributed by atoms with Crippen molar-refractivity contribution in [3.8, 4) is 5.75 Å². The Hall–Kier alpha value is -3.59. The largest absolute Gasteiger partial charge is 0.507 e. The van der Waals surface area contributed by atoms with E-state index in [0.29, 0.717) is 41.1 Å². The molecule has 1 atom stereocenters. The molecule has 36 heavy (non-hydrogen) atoms. The summed E-state index contributed by atoms with van der Waals surface area (Å²) < 4.78 is 10.4. The van der Waals surface area contributed by atoms with Crippen molar-refractivity contribution in [3.63, 3.8) is 0 Å². The molecule has 0 unspecified atom stereocenters. The lowest BCUT2D eigenvalue weighted by molar-refractivity contribution is -0.140. The summed E-state index contributed by atoms with van der Waals surface area (Å²) in [5, 5.41) is 11.5. The molecule has 1 amide bonds. The number of aliphatic hydroxyl groups excluding tert-OH is 1. The number of para-hydroxylation sites is 1. The van der Waals surface area contributed by atoms with E-state index >= 15 is 0 Å². The van der Waals surface area contributed by atoms with Gasteiger partial charge in [0.15, 0.2) is 0 Å². The summed E-state index contributed by atoms with van der Waals surface area (Å²) in [5.41, 5.74) is 1.96. The topological polar surface area (TPSA) is 112 Å². The van der Waals surface area contributed by atoms with E-state index in [4.69, 9.17) is 9.47 Å². The van der Waals surface area contributed by atoms with Gasteiger partial charge < -0.3 is 29.4 Å². The van der Waals surface area contributed by atoms with Crippen LogP contribution < -0.4 is 4.74 Å². The van der Waals surface area contributed by atoms with Gasteiger partial charge in [-0.3, -0.25) is 9.59 Å². The van der Waals surface area contributed by atoms with E-state index in [0.717, 1.165) is 19.6 Å². The zero-order chi connectivity index (χ0) is 26.6. The van der Waals surface area contributed by atoms with Crippen molar-refractivity contribution >= 4 is 23.4 Å². The molecule has 9 heteroatoms. The first-order valence-corrected chi connectivity index (χ1v) is 12.1. The average Bonchev–Trinajstić information content (AvgIpc) is 3.32. The van der Waals surface area contributed by atoms with Crippen molar-refractivity contribution < 1.29 is 29.0 Å². The highest BCUT2D eigenvalue weighted by atomic mass is 16.5. The van der Waals surface area contributed by atoms with Crippen LogP contribution in [0.1, 0.15) is 59.2 Å². The summed E-state index contributed by atoms with van der Waals surface area (Å²) in [6.07, 6.45) is 0.662. The summed E-state index contributed by atoms with van der Waals surface area (Å²) in [6.45, 7) is 10.4. The minimum atomic E-state index is -0.840. The molecular weight excluding hydrogens is 462 g/mol. The second-order valence-electron chi connectivity index (χ2n) is 8.73. The molecule has 0 aliphatic carbocycles. The standard InChI is InChI=1S/C27H35N3O6/c1-7-29(8-2)14-11-15-30-23(18-12-9-10-13-19(18)35-5)21(25(32)26(30)33)24(31)20-16(3)22(27(34)36-6)28-17(20)4/h9-10,12-13,23,28,31H,7-8,11,14-15H2,1-6H3/b24-21+/t23-/m1/s1. The van der Waals surface area contributed by atoms with E-state index in [1.807, 2.05) is 0 Å². The number of carbonyl (C=O) groups excluding carboxylic acids is 3. The van der Waals surface area contributed by atoms with Crippen molar-refractivity contribution in [2.75, 3.05) is 40.4 Å². The molecule has 3 rings (SSSR count). The Morgan fingerprint density at radius 1 is 1.14 bits per heavy atom. The number of H-pyrrole nitrogens is 1. The highest BCUT2D eigenvalue weighted by Gasteiger charge is 2.47. The highest BCUT2D eigenvalue weighted by Crippen LogP contribution is 2.43. The lowest BCUT2D eigenvalue weighted by Crippen LogP contribution is -2.33. The zero-order valence-electron chi connectivity index (χ0n) is 21.8. The molecule has 0 radical (unpaired) electrons. The number of aromatic amines is 1. The first-order valence-electron chi connectivity index (χ1n) is 12.1. The number of esters is 1. The van der Waals surface area contributed by atoms with Crippen LogP contribution in [0.3, 0.4) is 0 Å². The molecule has 1 aliphatic rings. The van der Waals surface area contributed by atoms with E-state index in [9.17, 15) is 19.5 Å². The van der Waals surface area contributed by atoms with Gasteiger partial charge in [0.2, 0.25) is 0 Å². The Morgan fingerprint density at radius 3 is 2.42 bits per heavy atom. The number of hydrogen-bond donors (Lipinski definition) is 2. The number of Topliss-reactive ketones (excluding diaryl/α,β-unsaturated/α-hetero) is 1. The fraction of sp³-hybridized carbons (Fsp3) is 0.444. The first-order chi connectivity index (χ1) is 17.2. The predicted molar refractivity (Wildman–Crippen MR) is 136 cm³/mol. The Bertz CT molecular complexity index is 1180. The van der Waals surface area contributed by atoms with E-state index in [-0.39, 0.29) is 17.0 Å². The van der Waals surface area contributed by atoms with Crippen LogP contribution in [-0.2, 0) is 14.3 Å². The van der Waals surface area contributed by atoms with Gasteiger partial charge in [-0.15, -0.1) is 0 Å². The number of carbonyl (C=O) groups is 3. The fourth-order valence-corrected chi connectivity index (χ4v) is 4.88. The number of likely N-dealkylation sites (tertiary alicyclic amines) is 1. The third-order valence-electron chi connectivity index (χ3n) is 6.81. The van der Waals surface area contributed by atoms with Gasteiger partial charge in [0, 0.05) is 23.4 Å². The number of hydrogen-bond acceptors (Lipinski definition) is 7. The molecule has 1 aliphatic heterocycles. The quantitative estimate of drug-likeness (QED) is 0.223. The molecule has 0 saturated carbocycles. The zero-order valence-corrected chi connectivity index (χ0v) is 21.8. The monoisotopic (exact) mass is 497 g/mol. The predicted octanol–water partition coefficient (Wildman–Crippen LogP) is 3.58. The molecule has 1 aromatic carbocycles. The van der Waals surface area contributed by atoms with E-state index < -0.39 is 23.7 Å². The van der Waals surface area contributed by atoms with Gasteiger partial charge in [-0.05, 0) is 51.5 Å². The van der Waals surface area contributed by atoms with E-state index in [1.165, 1.54) is 19.1 Å². The molecule has 2 heterocycles. The number of aromatic nitrogens is 1. The summed E-state index contributed by atoms with van der Waals surface area (Å²) in [4.78, 5) is 45.5. The lowest BCUT2D eigenvalue weighted by atomic mass is 9.93. The van der Waals surface area contributed by atoms with Gasteiger partial charge in [0.25, 0.3) is 11.7 Å². The second kappa shape index (κ2) is 11.4. The maximum Gasteiger partial charge on any atom is 0.354 e. The van der Waals surface area contributed by atoms with Crippen LogP contribution in [0.2, 0.25) is 0 Å². The van der Waals surface area contributed by atoms with Gasteiger partial charge in [0.05, 0.1) is 25.8 Å². The third-order valence-corrected chi connectivity index (χ3v) is 6.81. The number of methoxy groups -OCH3 is 2. The van der Waals surface area contributed by atoms with Gasteiger partial charge >= 0.3 is 5.97 Å². The van der Waals surface area contributed by atoms with Crippen LogP contribution in [0.4, 0.5) is 0 Å². The van der Waals surface area contributed by atoms with Crippen LogP contribution >= 0.6 is 0 Å². The Kier molecular flexibility index (Phi) is 8.57. The fourth-order valence-electron chi connectivity index (χ4n) is 4.88. The molecule has 0 bridgehead atoms. The normalized spacial score (nSPS) is 17.2. The van der Waals surface area contributed by atoms with Gasteiger partial charge in [-0.1, -0.05) is 32.0 Å². The van der Waals surface area contributed by atoms with E-state index in [1.54, 1.807) is 38.1 Å². The number of rotatable bonds is 10. The first kappa shape index (κ1) is 27.0. The van der Waals surface area contributed by atoms with Crippen molar-refractivity contribution in [1.82, 2.24) is 14.8 Å². The molecule has 0 spiro atoms. The number of aryl methyl sites for hydroxylation is 1. The number of ether oxygens (including phenoxy) is 2. The van der Waals surface area contributed by atoms with Crippen LogP contribution in [0, 0.1) is 13.8 Å². The lowest BCUT2D eigenvalue weighted by Gasteiger charge is -2.27. The third kappa shape index (κ3) is 4.88. The number of aliphatic hydroxyl groups is 1. The second-order valence-corrected chi connectivity index (χ2v) is 8.73. The summed E-state index contributed by atoms with van der Waals surface area (Å²) in [6, 6.07) is 6.31. The SMILES string of the molecule is CCN(CC)CCCN1C(=O)C(=O)/C(=C(/O)c2c(C)[nH]c(C(=O)OC)c2C)[C@H]1c1ccccc1OC. The average molecular weight is 498 g/mol. The summed E-state index contributed by atoms with van der Waals surface area (Å²) >= 11 is 0. The molecule has 9 nitrogen and oxygen atoms in total. The Labute approximate surface area is 211 Å². The summed E-state index contributed by atoms with van der Waals surface area (Å²) in [7, 11) is 2.79. The smallest absolute Gasteiger partial charge is 0.354 e. The number of ketones is 1. The van der Waals surface area contributed by atoms with Crippen molar-refractivity contribution in [1.29, 1.82) is 0 Å². The molecule has 2 aromatic rings. The van der Waals surface area contributed by atoms with Gasteiger partial charge in [-0.25, -0.2) is 4.79 Å². The molecule has 1 fully saturated rings. The van der Waals surface area contributed by atoms with Crippen LogP contribution in [0.15, 0.2) is 29.8 Å². The van der Waals surface area contributed by atoms with Gasteiger partial charge in [0.1, 0.15) is 17.2 Å². The summed E-state index contributed by atoms with van der Waals surface area (Å²) in [5.74, 6) is -1.87. The maximum atomic E-state index is 13.4. The van der Waals surface area contributed by atoms with Crippen LogP contribution in [-0.4, -0.2) is 77.9 Å². The Morgan fingerprint density at radius 2 is 1.81 bits per heavy atom.